The molecular weight excluding hydrogens is 362 g/mol. The number of rotatable bonds is 9. The van der Waals surface area contributed by atoms with Gasteiger partial charge in [-0.15, -0.1) is 0 Å². The topological polar surface area (TPSA) is 121 Å². The minimum absolute atomic E-state index is 0.302. The molecule has 0 saturated carbocycles. The molecule has 3 N–H and O–H groups in total. The van der Waals surface area contributed by atoms with Gasteiger partial charge in [0.25, 0.3) is 5.91 Å². The second-order valence-electron chi connectivity index (χ2n) is 6.47. The third kappa shape index (κ3) is 5.37. The number of carbonyl (C=O) groups is 3. The molecule has 1 aromatic heterocycles. The van der Waals surface area contributed by atoms with Gasteiger partial charge in [-0.25, -0.2) is 4.79 Å². The van der Waals surface area contributed by atoms with E-state index in [1.807, 2.05) is 30.3 Å². The van der Waals surface area contributed by atoms with Crippen LogP contribution in [0, 0.1) is 0 Å². The van der Waals surface area contributed by atoms with Crippen LogP contribution >= 0.6 is 0 Å². The molecule has 28 heavy (non-hydrogen) atoms. The summed E-state index contributed by atoms with van der Waals surface area (Å²) >= 11 is 0. The Hall–Kier alpha value is -3.26. The average molecular weight is 383 g/mol. The van der Waals surface area contributed by atoms with E-state index in [1.54, 1.807) is 24.5 Å². The number of hydrogen-bond donors (Lipinski definition) is 3. The number of aryl methyl sites for hydroxylation is 1. The lowest BCUT2D eigenvalue weighted by Crippen LogP contribution is -2.48. The number of epoxide rings is 1. The van der Waals surface area contributed by atoms with Crippen LogP contribution in [0.25, 0.3) is 0 Å². The Bertz CT molecular complexity index is 828. The van der Waals surface area contributed by atoms with E-state index in [9.17, 15) is 14.4 Å². The molecule has 1 aromatic carbocycles. The van der Waals surface area contributed by atoms with Gasteiger partial charge < -0.3 is 20.5 Å². The fourth-order valence-corrected chi connectivity index (χ4v) is 2.79. The third-order valence-electron chi connectivity index (χ3n) is 4.41. The number of nitrogens with zero attached hydrogens (tertiary/aromatic N) is 1. The predicted molar refractivity (Wildman–Crippen MR) is 99.1 cm³/mol. The minimum Gasteiger partial charge on any atom is -0.479 e. The van der Waals surface area contributed by atoms with E-state index in [1.165, 1.54) is 0 Å². The van der Waals surface area contributed by atoms with Gasteiger partial charge in [-0.3, -0.25) is 14.6 Å². The fraction of sp³-hybridized carbons (Fsp3) is 0.300. The predicted octanol–water partition coefficient (Wildman–Crippen LogP) is 0.667. The largest absolute Gasteiger partial charge is 0.479 e. The van der Waals surface area contributed by atoms with Crippen LogP contribution in [0.15, 0.2) is 54.9 Å². The summed E-state index contributed by atoms with van der Waals surface area (Å²) in [6, 6.07) is 12.4. The first-order valence-electron chi connectivity index (χ1n) is 8.94. The number of benzene rings is 1. The maximum absolute atomic E-state index is 12.6. The van der Waals surface area contributed by atoms with Gasteiger partial charge in [0.1, 0.15) is 6.04 Å². The highest BCUT2D eigenvalue weighted by molar-refractivity contribution is 5.95. The Morgan fingerprint density at radius 2 is 1.75 bits per heavy atom. The van der Waals surface area contributed by atoms with Crippen molar-refractivity contribution in [1.82, 2.24) is 15.6 Å². The van der Waals surface area contributed by atoms with Crippen LogP contribution in [0.3, 0.4) is 0 Å². The summed E-state index contributed by atoms with van der Waals surface area (Å²) in [5.74, 6) is -2.12. The monoisotopic (exact) mass is 383 g/mol. The van der Waals surface area contributed by atoms with Crippen molar-refractivity contribution >= 4 is 17.8 Å². The van der Waals surface area contributed by atoms with Gasteiger partial charge in [-0.05, 0) is 36.1 Å². The van der Waals surface area contributed by atoms with Gasteiger partial charge in [0, 0.05) is 18.9 Å². The van der Waals surface area contributed by atoms with Crippen LogP contribution in [0.2, 0.25) is 0 Å². The number of nitrogens with one attached hydrogen (secondary N) is 2. The van der Waals surface area contributed by atoms with Crippen molar-refractivity contribution in [1.29, 1.82) is 0 Å². The zero-order valence-electron chi connectivity index (χ0n) is 15.1. The van der Waals surface area contributed by atoms with Crippen LogP contribution in [0.5, 0.6) is 0 Å². The molecule has 1 fully saturated rings. The maximum atomic E-state index is 12.6. The van der Waals surface area contributed by atoms with E-state index in [-0.39, 0.29) is 5.91 Å². The van der Waals surface area contributed by atoms with E-state index < -0.39 is 30.1 Å². The molecule has 8 nitrogen and oxygen atoms in total. The van der Waals surface area contributed by atoms with E-state index in [0.29, 0.717) is 19.4 Å². The van der Waals surface area contributed by atoms with Gasteiger partial charge in [0.05, 0.1) is 0 Å². The number of pyridine rings is 1. The standard InChI is InChI=1S/C20H21N3O5/c24-18(22-12-14-8-10-21-11-9-14)15(7-6-13-4-2-1-3-5-13)23-19(25)16-17(28-16)20(26)27/h1-5,8-11,15-17H,6-7,12H2,(H,22,24)(H,23,25)(H,26,27)/t15-,16-,17-/m0/s1. The lowest BCUT2D eigenvalue weighted by molar-refractivity contribution is -0.138. The van der Waals surface area contributed by atoms with E-state index in [0.717, 1.165) is 11.1 Å². The first-order chi connectivity index (χ1) is 13.5. The normalized spacial score (nSPS) is 18.7. The van der Waals surface area contributed by atoms with E-state index in [4.69, 9.17) is 9.84 Å². The fourth-order valence-electron chi connectivity index (χ4n) is 2.79. The SMILES string of the molecule is O=C(NCc1ccncc1)[C@H](CCc1ccccc1)NC(=O)[C@H]1O[C@@H]1C(=O)O. The molecule has 1 saturated heterocycles. The second-order valence-corrected chi connectivity index (χ2v) is 6.47. The van der Waals surface area contributed by atoms with Crippen LogP contribution < -0.4 is 10.6 Å². The number of carboxylic acid groups (broad SMARTS) is 1. The van der Waals surface area contributed by atoms with Gasteiger partial charge in [0.2, 0.25) is 5.91 Å². The minimum atomic E-state index is -1.19. The van der Waals surface area contributed by atoms with Crippen molar-refractivity contribution in [3.05, 3.63) is 66.0 Å². The zero-order valence-corrected chi connectivity index (χ0v) is 15.1. The van der Waals surface area contributed by atoms with Gasteiger partial charge in [-0.2, -0.15) is 0 Å². The number of carboxylic acids is 1. The quantitative estimate of drug-likeness (QED) is 0.547. The molecule has 3 rings (SSSR count). The summed E-state index contributed by atoms with van der Waals surface area (Å²) in [5.41, 5.74) is 1.92. The average Bonchev–Trinajstić information content (AvgIpc) is 3.52. The molecule has 1 aliphatic rings. The van der Waals surface area contributed by atoms with Crippen molar-refractivity contribution in [2.45, 2.75) is 37.6 Å². The smallest absolute Gasteiger partial charge is 0.336 e. The molecule has 0 unspecified atom stereocenters. The van der Waals surface area contributed by atoms with Crippen LogP contribution in [-0.4, -0.2) is 46.1 Å². The summed E-state index contributed by atoms with van der Waals surface area (Å²) in [5, 5.41) is 14.3. The van der Waals surface area contributed by atoms with Crippen molar-refractivity contribution in [3.63, 3.8) is 0 Å². The Morgan fingerprint density at radius 1 is 1.04 bits per heavy atom. The number of aromatic nitrogens is 1. The highest BCUT2D eigenvalue weighted by Crippen LogP contribution is 2.22. The Balaban J connectivity index is 1.60. The lowest BCUT2D eigenvalue weighted by Gasteiger charge is -2.18. The Morgan fingerprint density at radius 3 is 2.39 bits per heavy atom. The van der Waals surface area contributed by atoms with Crippen molar-refractivity contribution in [2.24, 2.45) is 0 Å². The number of aliphatic carboxylic acids is 1. The van der Waals surface area contributed by atoms with Gasteiger partial charge >= 0.3 is 5.97 Å². The molecule has 0 radical (unpaired) electrons. The van der Waals surface area contributed by atoms with E-state index in [2.05, 4.69) is 15.6 Å². The molecule has 2 aromatic rings. The summed E-state index contributed by atoms with van der Waals surface area (Å²) in [6.07, 6.45) is 2.03. The third-order valence-corrected chi connectivity index (χ3v) is 4.41. The van der Waals surface area contributed by atoms with Crippen molar-refractivity contribution in [2.75, 3.05) is 0 Å². The van der Waals surface area contributed by atoms with Crippen LogP contribution in [0.1, 0.15) is 17.5 Å². The Labute approximate surface area is 161 Å². The number of amides is 2. The first kappa shape index (κ1) is 19.5. The molecule has 0 spiro atoms. The number of hydrogen-bond acceptors (Lipinski definition) is 5. The first-order valence-corrected chi connectivity index (χ1v) is 8.94. The molecule has 2 heterocycles. The van der Waals surface area contributed by atoms with Crippen molar-refractivity contribution < 1.29 is 24.2 Å². The highest BCUT2D eigenvalue weighted by Gasteiger charge is 2.51. The van der Waals surface area contributed by atoms with Gasteiger partial charge in [0.15, 0.2) is 12.2 Å². The van der Waals surface area contributed by atoms with E-state index >= 15 is 0 Å². The molecule has 2 amide bonds. The summed E-state index contributed by atoms with van der Waals surface area (Å²) < 4.78 is 4.86. The molecule has 0 bridgehead atoms. The number of carbonyl (C=O) groups excluding carboxylic acids is 2. The second kappa shape index (κ2) is 9.09. The van der Waals surface area contributed by atoms with Crippen molar-refractivity contribution in [3.8, 4) is 0 Å². The molecule has 8 heteroatoms. The molecular formula is C20H21N3O5. The van der Waals surface area contributed by atoms with Crippen LogP contribution in [-0.2, 0) is 32.1 Å². The summed E-state index contributed by atoms with van der Waals surface area (Å²) in [7, 11) is 0. The van der Waals surface area contributed by atoms with Gasteiger partial charge in [-0.1, -0.05) is 30.3 Å². The molecule has 146 valence electrons. The van der Waals surface area contributed by atoms with Crippen LogP contribution in [0.4, 0.5) is 0 Å². The number of ether oxygens (including phenoxy) is 1. The molecule has 0 aliphatic carbocycles. The molecule has 1 aliphatic heterocycles. The zero-order chi connectivity index (χ0) is 19.9. The Kier molecular flexibility index (Phi) is 6.33. The maximum Gasteiger partial charge on any atom is 0.336 e. The highest BCUT2D eigenvalue weighted by atomic mass is 16.6. The molecule has 3 atom stereocenters. The summed E-state index contributed by atoms with van der Waals surface area (Å²) in [6.45, 7) is 0.302. The summed E-state index contributed by atoms with van der Waals surface area (Å²) in [4.78, 5) is 39.7. The lowest BCUT2D eigenvalue weighted by atomic mass is 10.0.